The Balaban J connectivity index is 1.93. The van der Waals surface area contributed by atoms with Gasteiger partial charge in [0, 0.05) is 22.1 Å². The number of carbonyl (C=O) groups is 2. The van der Waals surface area contributed by atoms with Crippen LogP contribution in [0, 0.1) is 23.0 Å². The van der Waals surface area contributed by atoms with Crippen LogP contribution in [0.25, 0.3) is 0 Å². The fourth-order valence-corrected chi connectivity index (χ4v) is 5.03. The number of fused-ring (bicyclic) bond motifs is 1. The molecule has 0 saturated heterocycles. The summed E-state index contributed by atoms with van der Waals surface area (Å²) < 4.78 is 5.24. The van der Waals surface area contributed by atoms with Gasteiger partial charge in [0.1, 0.15) is 5.00 Å². The van der Waals surface area contributed by atoms with Crippen molar-refractivity contribution >= 4 is 33.9 Å². The lowest BCUT2D eigenvalue weighted by atomic mass is 9.85. The highest BCUT2D eigenvalue weighted by Crippen LogP contribution is 2.41. The largest absolute Gasteiger partial charge is 0.462 e. The van der Waals surface area contributed by atoms with Crippen molar-refractivity contribution in [2.75, 3.05) is 11.9 Å². The molecule has 3 rings (SSSR count). The van der Waals surface area contributed by atoms with Crippen LogP contribution >= 0.6 is 11.3 Å². The lowest BCUT2D eigenvalue weighted by Gasteiger charge is -2.20. The minimum absolute atomic E-state index is 0.0362. The molecule has 0 radical (unpaired) electrons. The summed E-state index contributed by atoms with van der Waals surface area (Å²) in [6, 6.07) is 4.23. The number of hydrogen-bond donors (Lipinski definition) is 1. The summed E-state index contributed by atoms with van der Waals surface area (Å²) in [5.74, 6) is -0.244. The number of nitrogens with one attached hydrogen (secondary N) is 1. The molecule has 8 heteroatoms. The fraction of sp³-hybridized carbons (Fsp3) is 0.429. The highest BCUT2D eigenvalue weighted by molar-refractivity contribution is 7.17. The zero-order valence-electron chi connectivity index (χ0n) is 16.7. The SMILES string of the molecule is CCOC(=O)c1c(NC(=O)c2ccc([N+](=O)[O-])c(C)c2)sc2c1CCC(CC)C2. The molecule has 1 aromatic heterocycles. The number of carbonyl (C=O) groups excluding carboxylic acids is 2. The summed E-state index contributed by atoms with van der Waals surface area (Å²) in [4.78, 5) is 37.0. The van der Waals surface area contributed by atoms with Crippen molar-refractivity contribution in [3.63, 3.8) is 0 Å². The van der Waals surface area contributed by atoms with E-state index < -0.39 is 16.8 Å². The molecule has 1 heterocycles. The number of ether oxygens (including phenoxy) is 1. The van der Waals surface area contributed by atoms with Crippen LogP contribution < -0.4 is 5.32 Å². The van der Waals surface area contributed by atoms with Crippen LogP contribution in [0.15, 0.2) is 18.2 Å². The van der Waals surface area contributed by atoms with Gasteiger partial charge in [-0.25, -0.2) is 4.79 Å². The highest BCUT2D eigenvalue weighted by Gasteiger charge is 2.30. The predicted octanol–water partition coefficient (Wildman–Crippen LogP) is 4.91. The third-order valence-electron chi connectivity index (χ3n) is 5.31. The Kier molecular flexibility index (Phi) is 6.32. The fourth-order valence-electron chi connectivity index (χ4n) is 3.69. The van der Waals surface area contributed by atoms with E-state index in [-0.39, 0.29) is 12.3 Å². The summed E-state index contributed by atoms with van der Waals surface area (Å²) in [7, 11) is 0. The van der Waals surface area contributed by atoms with Gasteiger partial charge in [0.15, 0.2) is 0 Å². The van der Waals surface area contributed by atoms with Gasteiger partial charge < -0.3 is 10.1 Å². The Morgan fingerprint density at radius 2 is 2.10 bits per heavy atom. The molecule has 0 fully saturated rings. The molecule has 0 aliphatic heterocycles. The number of rotatable bonds is 6. The third kappa shape index (κ3) is 4.32. The minimum Gasteiger partial charge on any atom is -0.462 e. The summed E-state index contributed by atoms with van der Waals surface area (Å²) in [6.45, 7) is 5.76. The first-order valence-electron chi connectivity index (χ1n) is 9.73. The maximum Gasteiger partial charge on any atom is 0.341 e. The zero-order valence-corrected chi connectivity index (χ0v) is 17.6. The first-order chi connectivity index (χ1) is 13.8. The molecule has 1 amide bonds. The second-order valence-electron chi connectivity index (χ2n) is 7.16. The molecular formula is C21H24N2O5S. The molecule has 0 saturated carbocycles. The molecule has 1 aliphatic carbocycles. The second kappa shape index (κ2) is 8.73. The van der Waals surface area contributed by atoms with Gasteiger partial charge in [0.05, 0.1) is 17.1 Å². The van der Waals surface area contributed by atoms with Crippen LogP contribution in [0.5, 0.6) is 0 Å². The van der Waals surface area contributed by atoms with Gasteiger partial charge in [-0.1, -0.05) is 13.3 Å². The Bertz CT molecular complexity index is 966. The smallest absolute Gasteiger partial charge is 0.341 e. The van der Waals surface area contributed by atoms with Crippen LogP contribution in [0.2, 0.25) is 0 Å². The number of thiophene rings is 1. The van der Waals surface area contributed by atoms with Crippen molar-refractivity contribution in [2.24, 2.45) is 5.92 Å². The molecule has 1 aliphatic rings. The number of benzene rings is 1. The predicted molar refractivity (Wildman–Crippen MR) is 112 cm³/mol. The average Bonchev–Trinajstić information content (AvgIpc) is 3.04. The highest BCUT2D eigenvalue weighted by atomic mass is 32.1. The first kappa shape index (κ1) is 21.0. The first-order valence-corrected chi connectivity index (χ1v) is 10.5. The quantitative estimate of drug-likeness (QED) is 0.410. The third-order valence-corrected chi connectivity index (χ3v) is 6.48. The summed E-state index contributed by atoms with van der Waals surface area (Å²) in [6.07, 6.45) is 3.79. The number of nitro benzene ring substituents is 1. The van der Waals surface area contributed by atoms with E-state index in [0.717, 1.165) is 36.1 Å². The molecular weight excluding hydrogens is 392 g/mol. The topological polar surface area (TPSA) is 98.5 Å². The van der Waals surface area contributed by atoms with Gasteiger partial charge >= 0.3 is 5.97 Å². The number of hydrogen-bond acceptors (Lipinski definition) is 6. The van der Waals surface area contributed by atoms with Gasteiger partial charge in [-0.2, -0.15) is 0 Å². The maximum atomic E-state index is 12.8. The number of aryl methyl sites for hydroxylation is 1. The van der Waals surface area contributed by atoms with E-state index in [4.69, 9.17) is 4.74 Å². The number of anilines is 1. The van der Waals surface area contributed by atoms with E-state index in [1.165, 1.54) is 29.5 Å². The van der Waals surface area contributed by atoms with Crippen molar-refractivity contribution in [2.45, 2.75) is 46.5 Å². The Morgan fingerprint density at radius 1 is 1.34 bits per heavy atom. The number of nitro groups is 1. The van der Waals surface area contributed by atoms with Crippen LogP contribution in [-0.4, -0.2) is 23.4 Å². The van der Waals surface area contributed by atoms with Crippen molar-refractivity contribution in [1.82, 2.24) is 0 Å². The van der Waals surface area contributed by atoms with Gasteiger partial charge in [0.25, 0.3) is 11.6 Å². The molecule has 0 spiro atoms. The molecule has 0 bridgehead atoms. The number of amides is 1. The molecule has 1 N–H and O–H groups in total. The normalized spacial score (nSPS) is 15.5. The molecule has 154 valence electrons. The second-order valence-corrected chi connectivity index (χ2v) is 8.26. The summed E-state index contributed by atoms with van der Waals surface area (Å²) in [5, 5.41) is 14.3. The van der Waals surface area contributed by atoms with Crippen LogP contribution in [0.4, 0.5) is 10.7 Å². The summed E-state index contributed by atoms with van der Waals surface area (Å²) >= 11 is 1.43. The molecule has 1 aromatic carbocycles. The van der Waals surface area contributed by atoms with E-state index in [2.05, 4.69) is 12.2 Å². The molecule has 2 aromatic rings. The van der Waals surface area contributed by atoms with Crippen LogP contribution in [-0.2, 0) is 17.6 Å². The van der Waals surface area contributed by atoms with Crippen molar-refractivity contribution in [1.29, 1.82) is 0 Å². The van der Waals surface area contributed by atoms with Gasteiger partial charge in [-0.15, -0.1) is 11.3 Å². The van der Waals surface area contributed by atoms with Gasteiger partial charge in [0.2, 0.25) is 0 Å². The van der Waals surface area contributed by atoms with E-state index >= 15 is 0 Å². The van der Waals surface area contributed by atoms with Crippen molar-refractivity contribution in [3.8, 4) is 0 Å². The minimum atomic E-state index is -0.479. The molecule has 1 atom stereocenters. The standard InChI is InChI=1S/C21H24N2O5S/c1-4-13-6-8-15-17(11-13)29-20(18(15)21(25)28-5-2)22-19(24)14-7-9-16(23(26)27)12(3)10-14/h7,9-10,13H,4-6,8,11H2,1-3H3,(H,22,24). The van der Waals surface area contributed by atoms with Gasteiger partial charge in [-0.3, -0.25) is 14.9 Å². The van der Waals surface area contributed by atoms with Gasteiger partial charge in [-0.05, 0) is 56.7 Å². The van der Waals surface area contributed by atoms with Crippen molar-refractivity contribution < 1.29 is 19.2 Å². The average molecular weight is 416 g/mol. The monoisotopic (exact) mass is 416 g/mol. The van der Waals surface area contributed by atoms with E-state index in [1.807, 2.05) is 0 Å². The summed E-state index contributed by atoms with van der Waals surface area (Å²) in [5.41, 5.74) is 2.11. The maximum absolute atomic E-state index is 12.8. The lowest BCUT2D eigenvalue weighted by Crippen LogP contribution is -2.17. The Morgan fingerprint density at radius 3 is 2.72 bits per heavy atom. The number of esters is 1. The Hall–Kier alpha value is -2.74. The molecule has 1 unspecified atom stereocenters. The molecule has 7 nitrogen and oxygen atoms in total. The lowest BCUT2D eigenvalue weighted by molar-refractivity contribution is -0.385. The van der Waals surface area contributed by atoms with E-state index in [0.29, 0.717) is 27.6 Å². The number of nitrogens with zero attached hydrogens (tertiary/aromatic N) is 1. The van der Waals surface area contributed by atoms with E-state index in [1.54, 1.807) is 13.8 Å². The van der Waals surface area contributed by atoms with Crippen LogP contribution in [0.3, 0.4) is 0 Å². The molecule has 29 heavy (non-hydrogen) atoms. The van der Waals surface area contributed by atoms with Crippen LogP contribution in [0.1, 0.15) is 63.4 Å². The van der Waals surface area contributed by atoms with E-state index in [9.17, 15) is 19.7 Å². The van der Waals surface area contributed by atoms with Crippen molar-refractivity contribution in [3.05, 3.63) is 55.4 Å². The Labute approximate surface area is 173 Å². The zero-order chi connectivity index (χ0) is 21.1.